The van der Waals surface area contributed by atoms with Gasteiger partial charge < -0.3 is 14.6 Å². The van der Waals surface area contributed by atoms with Crippen LogP contribution >= 0.6 is 0 Å². The number of rotatable bonds is 31. The molecule has 0 heterocycles. The minimum absolute atomic E-state index is 0.0882. The van der Waals surface area contributed by atoms with Crippen LogP contribution in [-0.2, 0) is 19.1 Å². The Labute approximate surface area is 271 Å². The number of carbonyl (C=O) groups is 2. The summed E-state index contributed by atoms with van der Waals surface area (Å²) in [5.74, 6) is -0.645. The third-order valence-corrected chi connectivity index (χ3v) is 7.28. The lowest BCUT2D eigenvalue weighted by Gasteiger charge is -2.15. The van der Waals surface area contributed by atoms with Gasteiger partial charge in [-0.2, -0.15) is 0 Å². The highest BCUT2D eigenvalue weighted by Crippen LogP contribution is 2.10. The first-order valence-corrected chi connectivity index (χ1v) is 17.8. The first-order valence-electron chi connectivity index (χ1n) is 17.8. The molecule has 1 unspecified atom stereocenters. The molecule has 0 aliphatic heterocycles. The summed E-state index contributed by atoms with van der Waals surface area (Å²) in [4.78, 5) is 24.1. The number of hydrogen-bond donors (Lipinski definition) is 1. The third kappa shape index (κ3) is 32.5. The first kappa shape index (κ1) is 41.6. The van der Waals surface area contributed by atoms with Gasteiger partial charge in [0.15, 0.2) is 6.10 Å². The zero-order valence-electron chi connectivity index (χ0n) is 28.4. The maximum Gasteiger partial charge on any atom is 0.306 e. The van der Waals surface area contributed by atoms with Crippen molar-refractivity contribution >= 4 is 11.9 Å². The van der Waals surface area contributed by atoms with Crippen molar-refractivity contribution in [3.8, 4) is 0 Å². The van der Waals surface area contributed by atoms with Crippen molar-refractivity contribution in [1.29, 1.82) is 0 Å². The second-order valence-electron chi connectivity index (χ2n) is 11.6. The van der Waals surface area contributed by atoms with Gasteiger partial charge in [0, 0.05) is 12.8 Å². The normalized spacial score (nSPS) is 12.9. The summed E-state index contributed by atoms with van der Waals surface area (Å²) in [5.41, 5.74) is 0. The van der Waals surface area contributed by atoms with Gasteiger partial charge in [0.05, 0.1) is 6.61 Å². The van der Waals surface area contributed by atoms with Crippen LogP contribution in [0.15, 0.2) is 60.8 Å². The highest BCUT2D eigenvalue weighted by atomic mass is 16.6. The van der Waals surface area contributed by atoms with E-state index in [1.807, 2.05) is 0 Å². The Kier molecular flexibility index (Phi) is 33.2. The van der Waals surface area contributed by atoms with E-state index in [0.717, 1.165) is 70.6 Å². The molecular formula is C39H66O5. The molecule has 0 rings (SSSR count). The van der Waals surface area contributed by atoms with E-state index in [1.54, 1.807) is 0 Å². The molecule has 5 nitrogen and oxygen atoms in total. The summed E-state index contributed by atoms with van der Waals surface area (Å²) in [5, 5.41) is 9.50. The Morgan fingerprint density at radius 2 is 0.932 bits per heavy atom. The first-order chi connectivity index (χ1) is 21.6. The Morgan fingerprint density at radius 1 is 0.523 bits per heavy atom. The number of ether oxygens (including phenoxy) is 2. The molecule has 0 aromatic rings. The molecule has 0 spiro atoms. The van der Waals surface area contributed by atoms with E-state index >= 15 is 0 Å². The third-order valence-electron chi connectivity index (χ3n) is 7.28. The van der Waals surface area contributed by atoms with E-state index < -0.39 is 6.10 Å². The summed E-state index contributed by atoms with van der Waals surface area (Å²) in [6.07, 6.45) is 44.2. The van der Waals surface area contributed by atoms with E-state index in [4.69, 9.17) is 9.47 Å². The zero-order chi connectivity index (χ0) is 32.2. The van der Waals surface area contributed by atoms with E-state index in [1.165, 1.54) is 57.8 Å². The van der Waals surface area contributed by atoms with Crippen LogP contribution in [-0.4, -0.2) is 36.4 Å². The Bertz CT molecular complexity index is 792. The van der Waals surface area contributed by atoms with Crippen molar-refractivity contribution in [2.75, 3.05) is 13.2 Å². The molecule has 0 fully saturated rings. The van der Waals surface area contributed by atoms with Crippen LogP contribution in [0, 0.1) is 0 Å². The monoisotopic (exact) mass is 614 g/mol. The standard InChI is InChI=1S/C39H66O5/c1-3-5-7-9-11-13-15-16-17-18-19-20-21-22-24-25-27-29-31-33-38(41)43-36-37(35-40)44-39(42)34-32-30-28-26-23-14-12-10-8-6-4-2/h10-13,16-17,19-20,22,24,37,40H,3-9,14-15,18,21,23,25-36H2,1-2H3. The second-order valence-corrected chi connectivity index (χ2v) is 11.6. The lowest BCUT2D eigenvalue weighted by atomic mass is 10.1. The molecule has 0 aliphatic carbocycles. The fourth-order valence-corrected chi connectivity index (χ4v) is 4.52. The van der Waals surface area contributed by atoms with Crippen LogP contribution in [0.3, 0.4) is 0 Å². The molecule has 0 aliphatic rings. The minimum Gasteiger partial charge on any atom is -0.462 e. The van der Waals surface area contributed by atoms with Gasteiger partial charge in [-0.25, -0.2) is 0 Å². The highest BCUT2D eigenvalue weighted by Gasteiger charge is 2.16. The Hall–Kier alpha value is -2.40. The van der Waals surface area contributed by atoms with Crippen molar-refractivity contribution in [1.82, 2.24) is 0 Å². The molecular weight excluding hydrogens is 548 g/mol. The minimum atomic E-state index is -0.789. The fourth-order valence-electron chi connectivity index (χ4n) is 4.52. The summed E-state index contributed by atoms with van der Waals surface area (Å²) >= 11 is 0. The van der Waals surface area contributed by atoms with E-state index in [0.29, 0.717) is 12.8 Å². The van der Waals surface area contributed by atoms with Crippen LogP contribution in [0.25, 0.3) is 0 Å². The second kappa shape index (κ2) is 35.1. The van der Waals surface area contributed by atoms with Gasteiger partial charge in [-0.3, -0.25) is 9.59 Å². The largest absolute Gasteiger partial charge is 0.462 e. The number of esters is 2. The molecule has 0 bridgehead atoms. The predicted molar refractivity (Wildman–Crippen MR) is 187 cm³/mol. The number of aliphatic hydroxyl groups is 1. The maximum atomic E-state index is 12.1. The molecule has 0 saturated carbocycles. The van der Waals surface area contributed by atoms with Crippen LogP contribution in [0.1, 0.15) is 155 Å². The van der Waals surface area contributed by atoms with Crippen LogP contribution in [0.5, 0.6) is 0 Å². The molecule has 0 saturated heterocycles. The van der Waals surface area contributed by atoms with Crippen LogP contribution in [0.4, 0.5) is 0 Å². The number of allylic oxidation sites excluding steroid dienone is 10. The van der Waals surface area contributed by atoms with Crippen LogP contribution in [0.2, 0.25) is 0 Å². The predicted octanol–water partition coefficient (Wildman–Crippen LogP) is 10.8. The molecule has 0 radical (unpaired) electrons. The molecule has 1 atom stereocenters. The smallest absolute Gasteiger partial charge is 0.306 e. The van der Waals surface area contributed by atoms with Gasteiger partial charge in [-0.05, 0) is 77.0 Å². The van der Waals surface area contributed by atoms with Gasteiger partial charge in [0.25, 0.3) is 0 Å². The van der Waals surface area contributed by atoms with Crippen molar-refractivity contribution in [3.63, 3.8) is 0 Å². The summed E-state index contributed by atoms with van der Waals surface area (Å²) in [6.45, 7) is 4.01. The topological polar surface area (TPSA) is 72.8 Å². The van der Waals surface area contributed by atoms with Gasteiger partial charge >= 0.3 is 11.9 Å². The van der Waals surface area contributed by atoms with Crippen molar-refractivity contribution in [3.05, 3.63) is 60.8 Å². The van der Waals surface area contributed by atoms with Crippen molar-refractivity contribution in [2.45, 2.75) is 161 Å². The molecule has 0 amide bonds. The molecule has 5 heteroatoms. The number of hydrogen-bond acceptors (Lipinski definition) is 5. The molecule has 1 N–H and O–H groups in total. The quantitative estimate of drug-likeness (QED) is 0.0478. The van der Waals surface area contributed by atoms with Crippen molar-refractivity contribution < 1.29 is 24.2 Å². The maximum absolute atomic E-state index is 12.1. The SMILES string of the molecule is CCCCC=CCCCCCCCC(=O)OC(CO)COC(=O)CCCCCC=CCC=CCC=CCC=CCCCCC. The summed E-state index contributed by atoms with van der Waals surface area (Å²) < 4.78 is 10.5. The summed E-state index contributed by atoms with van der Waals surface area (Å²) in [6, 6.07) is 0. The number of carbonyl (C=O) groups excluding carboxylic acids is 2. The van der Waals surface area contributed by atoms with Crippen molar-refractivity contribution in [2.24, 2.45) is 0 Å². The average Bonchev–Trinajstić information content (AvgIpc) is 3.02. The molecule has 0 aromatic carbocycles. The summed E-state index contributed by atoms with van der Waals surface area (Å²) in [7, 11) is 0. The average molecular weight is 615 g/mol. The lowest BCUT2D eigenvalue weighted by Crippen LogP contribution is -2.28. The molecule has 0 aromatic heterocycles. The zero-order valence-corrected chi connectivity index (χ0v) is 28.4. The Morgan fingerprint density at radius 3 is 1.48 bits per heavy atom. The van der Waals surface area contributed by atoms with E-state index in [2.05, 4.69) is 74.6 Å². The lowest BCUT2D eigenvalue weighted by molar-refractivity contribution is -0.161. The fraction of sp³-hybridized carbons (Fsp3) is 0.692. The van der Waals surface area contributed by atoms with Gasteiger partial charge in [-0.1, -0.05) is 126 Å². The van der Waals surface area contributed by atoms with E-state index in [9.17, 15) is 14.7 Å². The highest BCUT2D eigenvalue weighted by molar-refractivity contribution is 5.70. The van der Waals surface area contributed by atoms with Gasteiger partial charge in [0.2, 0.25) is 0 Å². The molecule has 44 heavy (non-hydrogen) atoms. The van der Waals surface area contributed by atoms with Crippen LogP contribution < -0.4 is 0 Å². The number of aliphatic hydroxyl groups excluding tert-OH is 1. The molecule has 252 valence electrons. The number of unbranched alkanes of at least 4 members (excludes halogenated alkanes) is 13. The van der Waals surface area contributed by atoms with Gasteiger partial charge in [-0.15, -0.1) is 0 Å². The Balaban J connectivity index is 3.68. The van der Waals surface area contributed by atoms with Gasteiger partial charge in [0.1, 0.15) is 6.61 Å². The van der Waals surface area contributed by atoms with E-state index in [-0.39, 0.29) is 25.2 Å².